The van der Waals surface area contributed by atoms with Gasteiger partial charge in [-0.2, -0.15) is 5.26 Å². The number of esters is 1. The number of hydrogen-bond acceptors (Lipinski definition) is 7. The van der Waals surface area contributed by atoms with Crippen molar-refractivity contribution in [3.8, 4) is 11.8 Å². The minimum atomic E-state index is -1.26. The SMILES string of the molecule is CCOc1ccc([C@@H]2C(C#N)=C(SCC(=O)N3CCCCCC3)NC(=O)[C@@H]2C(=O)OC)cc1Cl. The number of nitrogens with zero attached hydrogens (tertiary/aromatic N) is 2. The molecule has 0 saturated carbocycles. The molecule has 2 aliphatic rings. The van der Waals surface area contributed by atoms with Crippen LogP contribution in [0.3, 0.4) is 0 Å². The van der Waals surface area contributed by atoms with E-state index in [0.29, 0.717) is 36.0 Å². The molecule has 1 saturated heterocycles. The van der Waals surface area contributed by atoms with Crippen molar-refractivity contribution in [1.82, 2.24) is 10.2 Å². The van der Waals surface area contributed by atoms with Crippen LogP contribution in [0.5, 0.6) is 5.75 Å². The van der Waals surface area contributed by atoms with Gasteiger partial charge in [-0.25, -0.2) is 0 Å². The number of methoxy groups -OCH3 is 1. The Morgan fingerprint density at radius 2 is 1.97 bits per heavy atom. The molecule has 1 fully saturated rings. The molecule has 3 rings (SSSR count). The van der Waals surface area contributed by atoms with Gasteiger partial charge in [-0.05, 0) is 37.5 Å². The van der Waals surface area contributed by atoms with Gasteiger partial charge in [0.25, 0.3) is 0 Å². The summed E-state index contributed by atoms with van der Waals surface area (Å²) in [6, 6.07) is 7.06. The predicted octanol–water partition coefficient (Wildman–Crippen LogP) is 3.61. The zero-order valence-corrected chi connectivity index (χ0v) is 20.8. The standard InChI is InChI=1S/C24H28ClN3O5S/c1-3-33-18-9-8-15(12-17(18)25)20-16(13-26)23(27-22(30)21(20)24(31)32-2)34-14-19(29)28-10-6-4-5-7-11-28/h8-9,12,20-21H,3-7,10-11,14H2,1-2H3,(H,27,30)/t20-,21-/m1/s1. The maximum Gasteiger partial charge on any atom is 0.319 e. The summed E-state index contributed by atoms with van der Waals surface area (Å²) in [5.41, 5.74) is 0.691. The average molecular weight is 506 g/mol. The van der Waals surface area contributed by atoms with Crippen LogP contribution in [0.15, 0.2) is 28.8 Å². The van der Waals surface area contributed by atoms with E-state index in [1.807, 2.05) is 11.8 Å². The van der Waals surface area contributed by atoms with E-state index in [9.17, 15) is 19.6 Å². The quantitative estimate of drug-likeness (QED) is 0.445. The lowest BCUT2D eigenvalue weighted by Gasteiger charge is -2.31. The zero-order valence-electron chi connectivity index (χ0n) is 19.3. The van der Waals surface area contributed by atoms with Crippen molar-refractivity contribution in [3.05, 3.63) is 39.4 Å². The highest BCUT2D eigenvalue weighted by molar-refractivity contribution is 8.03. The van der Waals surface area contributed by atoms with E-state index in [4.69, 9.17) is 21.1 Å². The van der Waals surface area contributed by atoms with Gasteiger partial charge in [-0.3, -0.25) is 14.4 Å². The summed E-state index contributed by atoms with van der Waals surface area (Å²) in [7, 11) is 1.19. The van der Waals surface area contributed by atoms with Crippen molar-refractivity contribution >= 4 is 41.1 Å². The molecule has 0 bridgehead atoms. The summed E-state index contributed by atoms with van der Waals surface area (Å²) >= 11 is 7.46. The molecule has 10 heteroatoms. The maximum atomic E-state index is 13.0. The van der Waals surface area contributed by atoms with Gasteiger partial charge in [0.1, 0.15) is 11.7 Å². The van der Waals surface area contributed by atoms with Crippen molar-refractivity contribution in [3.63, 3.8) is 0 Å². The molecule has 1 aromatic carbocycles. The first-order valence-corrected chi connectivity index (χ1v) is 12.6. The largest absolute Gasteiger partial charge is 0.492 e. The topological polar surface area (TPSA) is 109 Å². The van der Waals surface area contributed by atoms with Gasteiger partial charge in [0.05, 0.1) is 41.2 Å². The number of allylic oxidation sites excluding steroid dienone is 1. The average Bonchev–Trinajstić information content (AvgIpc) is 3.12. The van der Waals surface area contributed by atoms with E-state index < -0.39 is 23.7 Å². The van der Waals surface area contributed by atoms with E-state index >= 15 is 0 Å². The van der Waals surface area contributed by atoms with Gasteiger partial charge in [0, 0.05) is 19.0 Å². The first-order valence-electron chi connectivity index (χ1n) is 11.3. The Morgan fingerprint density at radius 1 is 1.26 bits per heavy atom. The molecule has 0 radical (unpaired) electrons. The molecule has 0 unspecified atom stereocenters. The fraction of sp³-hybridized carbons (Fsp3) is 0.500. The van der Waals surface area contributed by atoms with Crippen LogP contribution in [0.2, 0.25) is 5.02 Å². The number of halogens is 1. The lowest BCUT2D eigenvalue weighted by molar-refractivity contribution is -0.150. The van der Waals surface area contributed by atoms with Crippen LogP contribution in [0.1, 0.15) is 44.1 Å². The monoisotopic (exact) mass is 505 g/mol. The number of nitriles is 1. The number of likely N-dealkylation sites (tertiary alicyclic amines) is 1. The van der Waals surface area contributed by atoms with E-state index in [-0.39, 0.29) is 22.3 Å². The van der Waals surface area contributed by atoms with Crippen molar-refractivity contribution in [2.24, 2.45) is 5.92 Å². The highest BCUT2D eigenvalue weighted by Gasteiger charge is 2.44. The summed E-state index contributed by atoms with van der Waals surface area (Å²) in [5, 5.41) is 13.3. The normalized spacial score (nSPS) is 20.8. The first kappa shape index (κ1) is 25.9. The number of hydrogen-bond donors (Lipinski definition) is 1. The number of rotatable bonds is 7. The molecule has 0 aromatic heterocycles. The van der Waals surface area contributed by atoms with E-state index in [0.717, 1.165) is 37.4 Å². The molecule has 2 aliphatic heterocycles. The molecule has 2 heterocycles. The fourth-order valence-corrected chi connectivity index (χ4v) is 5.40. The lowest BCUT2D eigenvalue weighted by Crippen LogP contribution is -2.44. The number of nitrogens with one attached hydrogen (secondary N) is 1. The first-order chi connectivity index (χ1) is 16.4. The Balaban J connectivity index is 1.93. The minimum absolute atomic E-state index is 0.0401. The van der Waals surface area contributed by atoms with Gasteiger partial charge in [0.15, 0.2) is 0 Å². The molecule has 1 aromatic rings. The van der Waals surface area contributed by atoms with Crippen molar-refractivity contribution in [1.29, 1.82) is 5.26 Å². The number of carbonyl (C=O) groups is 3. The van der Waals surface area contributed by atoms with Crippen molar-refractivity contribution < 1.29 is 23.9 Å². The van der Waals surface area contributed by atoms with Crippen LogP contribution >= 0.6 is 23.4 Å². The van der Waals surface area contributed by atoms with E-state index in [2.05, 4.69) is 11.4 Å². The summed E-state index contributed by atoms with van der Waals surface area (Å²) in [4.78, 5) is 40.1. The Labute approximate surface area is 208 Å². The number of thioether (sulfide) groups is 1. The van der Waals surface area contributed by atoms with Gasteiger partial charge < -0.3 is 19.7 Å². The third kappa shape index (κ3) is 5.86. The van der Waals surface area contributed by atoms with Gasteiger partial charge in [-0.15, -0.1) is 0 Å². The van der Waals surface area contributed by atoms with Crippen LogP contribution in [0.25, 0.3) is 0 Å². The molecule has 0 spiro atoms. The second-order valence-electron chi connectivity index (χ2n) is 8.03. The van der Waals surface area contributed by atoms with Crippen LogP contribution in [0.4, 0.5) is 0 Å². The number of amides is 2. The molecule has 8 nitrogen and oxygen atoms in total. The molecule has 2 atom stereocenters. The Kier molecular flexibility index (Phi) is 9.25. The van der Waals surface area contributed by atoms with E-state index in [1.54, 1.807) is 18.2 Å². The molecule has 0 aliphatic carbocycles. The molecule has 1 N–H and O–H groups in total. The summed E-state index contributed by atoms with van der Waals surface area (Å²) in [5.74, 6) is -3.02. The Bertz CT molecular complexity index is 1010. The second kappa shape index (κ2) is 12.1. The predicted molar refractivity (Wildman–Crippen MR) is 129 cm³/mol. The smallest absolute Gasteiger partial charge is 0.319 e. The van der Waals surface area contributed by atoms with Crippen LogP contribution in [-0.4, -0.2) is 55.2 Å². The molecule has 182 valence electrons. The molecular formula is C24H28ClN3O5S. The summed E-state index contributed by atoms with van der Waals surface area (Å²) < 4.78 is 10.3. The second-order valence-corrected chi connectivity index (χ2v) is 9.42. The van der Waals surface area contributed by atoms with Crippen LogP contribution in [-0.2, 0) is 19.1 Å². The van der Waals surface area contributed by atoms with E-state index in [1.165, 1.54) is 7.11 Å². The zero-order chi connectivity index (χ0) is 24.7. The molecule has 2 amide bonds. The van der Waals surface area contributed by atoms with Gasteiger partial charge >= 0.3 is 5.97 Å². The molecule has 34 heavy (non-hydrogen) atoms. The van der Waals surface area contributed by atoms with Crippen molar-refractivity contribution in [2.45, 2.75) is 38.5 Å². The Hall–Kier alpha value is -2.70. The van der Waals surface area contributed by atoms with Gasteiger partial charge in [-0.1, -0.05) is 42.3 Å². The third-order valence-corrected chi connectivity index (χ3v) is 7.19. The minimum Gasteiger partial charge on any atom is -0.492 e. The van der Waals surface area contributed by atoms with Crippen molar-refractivity contribution in [2.75, 3.05) is 32.6 Å². The third-order valence-electron chi connectivity index (χ3n) is 5.90. The molecular weight excluding hydrogens is 478 g/mol. The number of benzene rings is 1. The summed E-state index contributed by atoms with van der Waals surface area (Å²) in [6.07, 6.45) is 4.16. The lowest BCUT2D eigenvalue weighted by atomic mass is 9.78. The highest BCUT2D eigenvalue weighted by atomic mass is 35.5. The summed E-state index contributed by atoms with van der Waals surface area (Å²) in [6.45, 7) is 3.68. The number of carbonyl (C=O) groups excluding carboxylic acids is 3. The van der Waals surface area contributed by atoms with Crippen LogP contribution < -0.4 is 10.1 Å². The highest BCUT2D eigenvalue weighted by Crippen LogP contribution is 2.42. The Morgan fingerprint density at radius 3 is 2.56 bits per heavy atom. The van der Waals surface area contributed by atoms with Crippen LogP contribution in [0, 0.1) is 17.2 Å². The fourth-order valence-electron chi connectivity index (χ4n) is 4.21. The number of ether oxygens (including phenoxy) is 2. The van der Waals surface area contributed by atoms with Gasteiger partial charge in [0.2, 0.25) is 11.8 Å². The maximum absolute atomic E-state index is 13.0.